The monoisotopic (exact) mass is 331 g/mol. The summed E-state index contributed by atoms with van der Waals surface area (Å²) in [5.41, 5.74) is 0.753. The number of aromatic nitrogens is 2. The first kappa shape index (κ1) is 16.5. The van der Waals surface area contributed by atoms with Crippen molar-refractivity contribution in [2.45, 2.75) is 43.9 Å². The number of hydrogen-bond acceptors (Lipinski definition) is 4. The van der Waals surface area contributed by atoms with E-state index in [1.165, 1.54) is 25.0 Å². The summed E-state index contributed by atoms with van der Waals surface area (Å²) in [6.45, 7) is 3.18. The van der Waals surface area contributed by atoms with Crippen molar-refractivity contribution in [1.82, 2.24) is 14.9 Å². The van der Waals surface area contributed by atoms with Crippen molar-refractivity contribution < 1.29 is 0 Å². The van der Waals surface area contributed by atoms with Crippen molar-refractivity contribution in [2.75, 3.05) is 19.3 Å². The van der Waals surface area contributed by atoms with Gasteiger partial charge in [0.1, 0.15) is 5.82 Å². The summed E-state index contributed by atoms with van der Waals surface area (Å²) in [6, 6.07) is 8.19. The number of thioether (sulfide) groups is 1. The zero-order chi connectivity index (χ0) is 16.2. The van der Waals surface area contributed by atoms with E-state index in [2.05, 4.69) is 40.6 Å². The van der Waals surface area contributed by atoms with E-state index in [0.29, 0.717) is 11.4 Å². The van der Waals surface area contributed by atoms with Crippen LogP contribution in [0.15, 0.2) is 29.1 Å². The number of rotatable bonds is 6. The van der Waals surface area contributed by atoms with Crippen LogP contribution in [0.3, 0.4) is 0 Å². The number of likely N-dealkylation sites (N-methyl/N-ethyl adjacent to an activating group) is 1. The van der Waals surface area contributed by atoms with Crippen LogP contribution < -0.4 is 5.56 Å². The molecule has 1 saturated carbocycles. The van der Waals surface area contributed by atoms with E-state index in [9.17, 15) is 4.79 Å². The maximum Gasteiger partial charge on any atom is 0.258 e. The average Bonchev–Trinajstić information content (AvgIpc) is 3.02. The molecule has 4 nitrogen and oxygen atoms in total. The van der Waals surface area contributed by atoms with E-state index in [1.54, 1.807) is 0 Å². The third-order valence-electron chi connectivity index (χ3n) is 4.75. The Bertz CT molecular complexity index is 715. The zero-order valence-corrected chi connectivity index (χ0v) is 14.7. The Labute approximate surface area is 141 Å². The Kier molecular flexibility index (Phi) is 5.38. The van der Waals surface area contributed by atoms with Crippen LogP contribution in [0.25, 0.3) is 10.9 Å². The van der Waals surface area contributed by atoms with Gasteiger partial charge in [0.2, 0.25) is 0 Å². The summed E-state index contributed by atoms with van der Waals surface area (Å²) in [6.07, 6.45) is 4.70. The summed E-state index contributed by atoms with van der Waals surface area (Å²) < 4.78 is 0. The van der Waals surface area contributed by atoms with Crippen LogP contribution in [-0.4, -0.2) is 45.5 Å². The molecule has 1 aliphatic carbocycles. The van der Waals surface area contributed by atoms with E-state index in [0.717, 1.165) is 29.6 Å². The minimum Gasteiger partial charge on any atom is -0.310 e. The largest absolute Gasteiger partial charge is 0.310 e. The molecule has 2 aromatic rings. The summed E-state index contributed by atoms with van der Waals surface area (Å²) >= 11 is 2.09. The van der Waals surface area contributed by atoms with Crippen LogP contribution >= 0.6 is 11.8 Å². The molecular formula is C18H25N3OS. The molecule has 0 amide bonds. The predicted octanol–water partition coefficient (Wildman–Crippen LogP) is 3.07. The standard InChI is InChI=1S/C18H25N3OS/c1-3-23-14-9-8-13(12-14)21(2)11-10-17-19-16-7-5-4-6-15(16)18(22)20-17/h4-7,13-14H,3,8-12H2,1-2H3,(H,19,20,22)/t13-,14+/m1/s1. The fourth-order valence-corrected chi connectivity index (χ4v) is 4.56. The number of para-hydroxylation sites is 1. The Morgan fingerprint density at radius 1 is 1.35 bits per heavy atom. The van der Waals surface area contributed by atoms with E-state index >= 15 is 0 Å². The lowest BCUT2D eigenvalue weighted by atomic mass is 10.2. The fraction of sp³-hybridized carbons (Fsp3) is 0.556. The molecule has 1 aromatic carbocycles. The highest BCUT2D eigenvalue weighted by Gasteiger charge is 2.27. The van der Waals surface area contributed by atoms with Gasteiger partial charge in [-0.15, -0.1) is 0 Å². The van der Waals surface area contributed by atoms with Gasteiger partial charge in [0, 0.05) is 24.3 Å². The van der Waals surface area contributed by atoms with Gasteiger partial charge in [-0.3, -0.25) is 4.79 Å². The Hall–Kier alpha value is -1.33. The van der Waals surface area contributed by atoms with Gasteiger partial charge in [-0.05, 0) is 44.2 Å². The summed E-state index contributed by atoms with van der Waals surface area (Å²) in [5.74, 6) is 2.00. The van der Waals surface area contributed by atoms with Crippen molar-refractivity contribution in [3.63, 3.8) is 0 Å². The molecule has 2 atom stereocenters. The molecule has 0 saturated heterocycles. The molecule has 1 fully saturated rings. The molecule has 1 heterocycles. The van der Waals surface area contributed by atoms with E-state index in [-0.39, 0.29) is 5.56 Å². The smallest absolute Gasteiger partial charge is 0.258 e. The molecule has 5 heteroatoms. The fourth-order valence-electron chi connectivity index (χ4n) is 3.42. The Morgan fingerprint density at radius 2 is 2.17 bits per heavy atom. The van der Waals surface area contributed by atoms with Crippen molar-refractivity contribution in [2.24, 2.45) is 0 Å². The second-order valence-electron chi connectivity index (χ2n) is 6.30. The molecule has 0 bridgehead atoms. The van der Waals surface area contributed by atoms with Crippen molar-refractivity contribution >= 4 is 22.7 Å². The summed E-state index contributed by atoms with van der Waals surface area (Å²) in [5, 5.41) is 1.49. The molecule has 1 aromatic heterocycles. The predicted molar refractivity (Wildman–Crippen MR) is 98.3 cm³/mol. The number of benzene rings is 1. The van der Waals surface area contributed by atoms with Gasteiger partial charge in [-0.1, -0.05) is 19.1 Å². The summed E-state index contributed by atoms with van der Waals surface area (Å²) in [7, 11) is 2.20. The lowest BCUT2D eigenvalue weighted by Crippen LogP contribution is -2.32. The first-order valence-electron chi connectivity index (χ1n) is 8.47. The number of hydrogen-bond donors (Lipinski definition) is 1. The van der Waals surface area contributed by atoms with E-state index in [1.807, 2.05) is 24.3 Å². The molecular weight excluding hydrogens is 306 g/mol. The minimum absolute atomic E-state index is 0.0338. The molecule has 0 aliphatic heterocycles. The van der Waals surface area contributed by atoms with Gasteiger partial charge in [0.25, 0.3) is 5.56 Å². The zero-order valence-electron chi connectivity index (χ0n) is 13.9. The average molecular weight is 331 g/mol. The highest BCUT2D eigenvalue weighted by atomic mass is 32.2. The van der Waals surface area contributed by atoms with Gasteiger partial charge in [0.15, 0.2) is 0 Å². The van der Waals surface area contributed by atoms with Crippen molar-refractivity contribution in [3.8, 4) is 0 Å². The molecule has 1 aliphatic rings. The third kappa shape index (κ3) is 3.96. The first-order chi connectivity index (χ1) is 11.2. The van der Waals surface area contributed by atoms with Crippen LogP contribution in [0, 0.1) is 0 Å². The highest BCUT2D eigenvalue weighted by Crippen LogP contribution is 2.32. The van der Waals surface area contributed by atoms with E-state index in [4.69, 9.17) is 0 Å². The van der Waals surface area contributed by atoms with Gasteiger partial charge < -0.3 is 9.88 Å². The van der Waals surface area contributed by atoms with Crippen molar-refractivity contribution in [3.05, 3.63) is 40.4 Å². The molecule has 3 rings (SSSR count). The van der Waals surface area contributed by atoms with E-state index < -0.39 is 0 Å². The number of aromatic amines is 1. The normalized spacial score (nSPS) is 21.3. The molecule has 124 valence electrons. The second-order valence-corrected chi connectivity index (χ2v) is 7.88. The molecule has 1 N–H and O–H groups in total. The molecule has 23 heavy (non-hydrogen) atoms. The van der Waals surface area contributed by atoms with Gasteiger partial charge in [-0.2, -0.15) is 11.8 Å². The first-order valence-corrected chi connectivity index (χ1v) is 9.52. The molecule has 0 spiro atoms. The van der Waals surface area contributed by atoms with Crippen LogP contribution in [0.1, 0.15) is 32.0 Å². The topological polar surface area (TPSA) is 49.0 Å². The molecule has 0 unspecified atom stereocenters. The highest BCUT2D eigenvalue weighted by molar-refractivity contribution is 7.99. The van der Waals surface area contributed by atoms with Crippen LogP contribution in [0.4, 0.5) is 0 Å². The number of nitrogens with zero attached hydrogens (tertiary/aromatic N) is 2. The molecule has 0 radical (unpaired) electrons. The van der Waals surface area contributed by atoms with Crippen LogP contribution in [0.5, 0.6) is 0 Å². The van der Waals surface area contributed by atoms with Gasteiger partial charge in [-0.25, -0.2) is 4.98 Å². The number of nitrogens with one attached hydrogen (secondary N) is 1. The van der Waals surface area contributed by atoms with Crippen LogP contribution in [-0.2, 0) is 6.42 Å². The van der Waals surface area contributed by atoms with Crippen LogP contribution in [0.2, 0.25) is 0 Å². The third-order valence-corrected chi connectivity index (χ3v) is 5.98. The van der Waals surface area contributed by atoms with Crippen molar-refractivity contribution in [1.29, 1.82) is 0 Å². The number of H-pyrrole nitrogens is 1. The summed E-state index contributed by atoms with van der Waals surface area (Å²) in [4.78, 5) is 22.1. The lowest BCUT2D eigenvalue weighted by Gasteiger charge is -2.24. The lowest BCUT2D eigenvalue weighted by molar-refractivity contribution is 0.247. The Morgan fingerprint density at radius 3 is 3.00 bits per heavy atom. The second kappa shape index (κ2) is 7.49. The Balaban J connectivity index is 1.61. The minimum atomic E-state index is -0.0338. The SMILES string of the molecule is CCS[C@H]1CC[C@@H](N(C)CCc2nc3ccccc3c(=O)[nH]2)C1. The van der Waals surface area contributed by atoms with Gasteiger partial charge in [0.05, 0.1) is 10.9 Å². The maximum absolute atomic E-state index is 12.1. The maximum atomic E-state index is 12.1. The quantitative estimate of drug-likeness (QED) is 0.884. The number of fused-ring (bicyclic) bond motifs is 1. The van der Waals surface area contributed by atoms with Gasteiger partial charge >= 0.3 is 0 Å².